The van der Waals surface area contributed by atoms with Gasteiger partial charge in [0.2, 0.25) is 0 Å². The highest BCUT2D eigenvalue weighted by Gasteiger charge is 2.05. The van der Waals surface area contributed by atoms with Crippen molar-refractivity contribution in [2.45, 2.75) is 19.6 Å². The first-order valence-corrected chi connectivity index (χ1v) is 5.60. The summed E-state index contributed by atoms with van der Waals surface area (Å²) in [6.45, 7) is 2.96. The number of hydrogen-bond acceptors (Lipinski definition) is 3. The van der Waals surface area contributed by atoms with Crippen molar-refractivity contribution in [3.8, 4) is 5.75 Å². The topological polar surface area (TPSA) is 44.5 Å². The summed E-state index contributed by atoms with van der Waals surface area (Å²) in [6, 6.07) is 5.81. The molecule has 1 aromatic carbocycles. The molecule has 0 heterocycles. The van der Waals surface area contributed by atoms with Crippen molar-refractivity contribution in [1.29, 1.82) is 0 Å². The van der Waals surface area contributed by atoms with E-state index >= 15 is 0 Å². The van der Waals surface area contributed by atoms with Crippen LogP contribution >= 0.6 is 15.9 Å². The Morgan fingerprint density at radius 2 is 2.20 bits per heavy atom. The lowest BCUT2D eigenvalue weighted by Gasteiger charge is -2.14. The summed E-state index contributed by atoms with van der Waals surface area (Å²) in [5.74, 6) is 0.824. The highest BCUT2D eigenvalue weighted by Crippen LogP contribution is 2.22. The second-order valence-electron chi connectivity index (χ2n) is 3.31. The van der Waals surface area contributed by atoms with Gasteiger partial charge < -0.3 is 15.2 Å². The summed E-state index contributed by atoms with van der Waals surface area (Å²) in [6.07, 6.45) is 0.0827. The summed E-state index contributed by atoms with van der Waals surface area (Å²) in [4.78, 5) is 0. The van der Waals surface area contributed by atoms with E-state index < -0.39 is 0 Å². The fourth-order valence-corrected chi connectivity index (χ4v) is 1.53. The third-order valence-corrected chi connectivity index (χ3v) is 2.61. The predicted octanol–water partition coefficient (Wildman–Crippen LogP) is 2.32. The summed E-state index contributed by atoms with van der Waals surface area (Å²) in [5.41, 5.74) is 6.62. The molecule has 2 N–H and O–H groups in total. The van der Waals surface area contributed by atoms with E-state index in [4.69, 9.17) is 15.2 Å². The van der Waals surface area contributed by atoms with E-state index in [1.54, 1.807) is 7.11 Å². The molecule has 0 amide bonds. The van der Waals surface area contributed by atoms with Gasteiger partial charge in [0.05, 0.1) is 6.10 Å². The van der Waals surface area contributed by atoms with E-state index in [2.05, 4.69) is 15.9 Å². The molecule has 0 fully saturated rings. The Labute approximate surface area is 98.7 Å². The molecule has 0 bridgehead atoms. The molecule has 1 aromatic rings. The summed E-state index contributed by atoms with van der Waals surface area (Å²) >= 11 is 3.40. The minimum Gasteiger partial charge on any atom is -0.491 e. The van der Waals surface area contributed by atoms with Crippen molar-refractivity contribution in [2.24, 2.45) is 5.73 Å². The number of hydrogen-bond donors (Lipinski definition) is 1. The number of rotatable bonds is 5. The molecule has 0 saturated carbocycles. The van der Waals surface area contributed by atoms with Gasteiger partial charge in [-0.25, -0.2) is 0 Å². The Hall–Kier alpha value is -0.580. The summed E-state index contributed by atoms with van der Waals surface area (Å²) < 4.78 is 11.7. The lowest BCUT2D eigenvalue weighted by Crippen LogP contribution is -2.16. The zero-order valence-electron chi connectivity index (χ0n) is 9.00. The smallest absolute Gasteiger partial charge is 0.123 e. The molecule has 0 aliphatic carbocycles. The molecule has 0 aliphatic heterocycles. The molecule has 0 saturated heterocycles. The first-order valence-electron chi connectivity index (χ1n) is 4.81. The van der Waals surface area contributed by atoms with E-state index in [0.717, 1.165) is 15.8 Å². The van der Waals surface area contributed by atoms with Crippen molar-refractivity contribution in [3.05, 3.63) is 28.2 Å². The van der Waals surface area contributed by atoms with E-state index in [1.165, 1.54) is 0 Å². The minimum atomic E-state index is 0.0827. The van der Waals surface area contributed by atoms with Crippen LogP contribution in [0.15, 0.2) is 22.7 Å². The lowest BCUT2D eigenvalue weighted by molar-refractivity contribution is 0.0713. The van der Waals surface area contributed by atoms with Crippen LogP contribution in [0.2, 0.25) is 0 Å². The van der Waals surface area contributed by atoms with Gasteiger partial charge in [-0.2, -0.15) is 0 Å². The Kier molecular flexibility index (Phi) is 5.08. The van der Waals surface area contributed by atoms with Crippen LogP contribution in [0, 0.1) is 0 Å². The van der Waals surface area contributed by atoms with E-state index in [0.29, 0.717) is 13.2 Å². The maximum Gasteiger partial charge on any atom is 0.123 e. The lowest BCUT2D eigenvalue weighted by atomic mass is 10.2. The van der Waals surface area contributed by atoms with Crippen molar-refractivity contribution in [3.63, 3.8) is 0 Å². The molecule has 0 radical (unpaired) electrons. The Morgan fingerprint density at radius 1 is 1.47 bits per heavy atom. The third-order valence-electron chi connectivity index (χ3n) is 2.12. The van der Waals surface area contributed by atoms with Crippen molar-refractivity contribution in [2.75, 3.05) is 13.7 Å². The molecular formula is C11H16BrNO2. The van der Waals surface area contributed by atoms with Crippen LogP contribution in [0.5, 0.6) is 5.75 Å². The molecule has 0 aliphatic rings. The van der Waals surface area contributed by atoms with Crippen molar-refractivity contribution in [1.82, 2.24) is 0 Å². The maximum atomic E-state index is 5.63. The van der Waals surface area contributed by atoms with Crippen LogP contribution in [0.4, 0.5) is 0 Å². The van der Waals surface area contributed by atoms with Crippen LogP contribution in [0.1, 0.15) is 12.5 Å². The molecule has 84 valence electrons. The summed E-state index contributed by atoms with van der Waals surface area (Å²) in [5, 5.41) is 0. The van der Waals surface area contributed by atoms with Gasteiger partial charge in [0, 0.05) is 23.7 Å². The van der Waals surface area contributed by atoms with Gasteiger partial charge in [-0.05, 0) is 25.1 Å². The van der Waals surface area contributed by atoms with Crippen LogP contribution in [-0.4, -0.2) is 19.8 Å². The fourth-order valence-electron chi connectivity index (χ4n) is 1.12. The molecule has 1 unspecified atom stereocenters. The highest BCUT2D eigenvalue weighted by atomic mass is 79.9. The Bertz CT molecular complexity index is 317. The molecular weight excluding hydrogens is 258 g/mol. The van der Waals surface area contributed by atoms with Crippen molar-refractivity contribution >= 4 is 15.9 Å². The van der Waals surface area contributed by atoms with Crippen LogP contribution in [0.3, 0.4) is 0 Å². The van der Waals surface area contributed by atoms with E-state index in [-0.39, 0.29) is 6.10 Å². The molecule has 1 rings (SSSR count). The highest BCUT2D eigenvalue weighted by molar-refractivity contribution is 9.10. The zero-order valence-corrected chi connectivity index (χ0v) is 10.6. The number of nitrogens with two attached hydrogens (primary N) is 1. The minimum absolute atomic E-state index is 0.0827. The third kappa shape index (κ3) is 3.81. The standard InChI is InChI=1S/C11H16BrNO2/c1-8(14-2)7-15-11-4-3-10(12)5-9(11)6-13/h3-5,8H,6-7,13H2,1-2H3. The van der Waals surface area contributed by atoms with E-state index in [1.807, 2.05) is 25.1 Å². The van der Waals surface area contributed by atoms with Gasteiger partial charge in [0.1, 0.15) is 12.4 Å². The quantitative estimate of drug-likeness (QED) is 0.896. The molecule has 1 atom stereocenters. The summed E-state index contributed by atoms with van der Waals surface area (Å²) in [7, 11) is 1.67. The monoisotopic (exact) mass is 273 g/mol. The van der Waals surface area contributed by atoms with Gasteiger partial charge in [0.25, 0.3) is 0 Å². The molecule has 3 nitrogen and oxygen atoms in total. The average molecular weight is 274 g/mol. The number of methoxy groups -OCH3 is 1. The predicted molar refractivity (Wildman–Crippen MR) is 64.0 cm³/mol. The van der Waals surface area contributed by atoms with Crippen LogP contribution < -0.4 is 10.5 Å². The fraction of sp³-hybridized carbons (Fsp3) is 0.455. The maximum absolute atomic E-state index is 5.63. The van der Waals surface area contributed by atoms with Gasteiger partial charge in [-0.1, -0.05) is 15.9 Å². The first kappa shape index (κ1) is 12.5. The Morgan fingerprint density at radius 3 is 2.80 bits per heavy atom. The molecule has 4 heteroatoms. The first-order chi connectivity index (χ1) is 7.17. The van der Waals surface area contributed by atoms with Crippen molar-refractivity contribution < 1.29 is 9.47 Å². The molecule has 0 spiro atoms. The second-order valence-corrected chi connectivity index (χ2v) is 4.23. The average Bonchev–Trinajstić information content (AvgIpc) is 2.26. The van der Waals surface area contributed by atoms with Gasteiger partial charge >= 0.3 is 0 Å². The van der Waals surface area contributed by atoms with Crippen LogP contribution in [0.25, 0.3) is 0 Å². The van der Waals surface area contributed by atoms with Gasteiger partial charge in [-0.3, -0.25) is 0 Å². The zero-order chi connectivity index (χ0) is 11.3. The van der Waals surface area contributed by atoms with Crippen LogP contribution in [-0.2, 0) is 11.3 Å². The molecule has 15 heavy (non-hydrogen) atoms. The second kappa shape index (κ2) is 6.10. The largest absolute Gasteiger partial charge is 0.491 e. The number of halogens is 1. The molecule has 0 aromatic heterocycles. The number of ether oxygens (including phenoxy) is 2. The van der Waals surface area contributed by atoms with Gasteiger partial charge in [-0.15, -0.1) is 0 Å². The van der Waals surface area contributed by atoms with Gasteiger partial charge in [0.15, 0.2) is 0 Å². The Balaban J connectivity index is 2.67. The van der Waals surface area contributed by atoms with E-state index in [9.17, 15) is 0 Å². The normalized spacial score (nSPS) is 12.5. The number of benzene rings is 1. The SMILES string of the molecule is COC(C)COc1ccc(Br)cc1CN.